The van der Waals surface area contributed by atoms with Crippen molar-refractivity contribution in [3.8, 4) is 5.75 Å². The highest BCUT2D eigenvalue weighted by Gasteiger charge is 2.67. The molecule has 35 heavy (non-hydrogen) atoms. The van der Waals surface area contributed by atoms with Gasteiger partial charge in [-0.3, -0.25) is 9.59 Å². The lowest BCUT2D eigenvalue weighted by atomic mass is 10.0. The number of halogens is 6. The van der Waals surface area contributed by atoms with Crippen molar-refractivity contribution in [2.24, 2.45) is 5.92 Å². The second kappa shape index (κ2) is 10.2. The van der Waals surface area contributed by atoms with Gasteiger partial charge in [-0.25, -0.2) is 4.39 Å². The predicted octanol–water partition coefficient (Wildman–Crippen LogP) is 7.75. The first-order valence-electron chi connectivity index (χ1n) is 10.3. The Balaban J connectivity index is 1.51. The molecule has 1 saturated carbocycles. The van der Waals surface area contributed by atoms with Gasteiger partial charge in [-0.1, -0.05) is 40.9 Å². The number of methoxy groups -OCH3 is 1. The van der Waals surface area contributed by atoms with Crippen LogP contribution in [0.1, 0.15) is 27.4 Å². The van der Waals surface area contributed by atoms with Crippen LogP contribution in [0.4, 0.5) is 10.1 Å². The molecule has 0 aromatic heterocycles. The van der Waals surface area contributed by atoms with Gasteiger partial charge in [0.2, 0.25) is 5.91 Å². The van der Waals surface area contributed by atoms with E-state index in [-0.39, 0.29) is 28.5 Å². The van der Waals surface area contributed by atoms with Crippen LogP contribution in [0.3, 0.4) is 0 Å². The molecule has 2 unspecified atom stereocenters. The molecule has 1 fully saturated rings. The van der Waals surface area contributed by atoms with Crippen LogP contribution in [-0.2, 0) is 11.2 Å². The number of rotatable bonds is 7. The molecule has 3 aromatic carbocycles. The minimum atomic E-state index is -1.34. The van der Waals surface area contributed by atoms with E-state index in [1.165, 1.54) is 37.4 Å². The molecule has 0 saturated heterocycles. The van der Waals surface area contributed by atoms with Gasteiger partial charge in [-0.15, -0.1) is 23.2 Å². The smallest absolute Gasteiger partial charge is 0.231 e. The van der Waals surface area contributed by atoms with E-state index in [4.69, 9.17) is 62.7 Å². The third-order valence-electron chi connectivity index (χ3n) is 5.69. The summed E-state index contributed by atoms with van der Waals surface area (Å²) in [6, 6.07) is 13.6. The summed E-state index contributed by atoms with van der Waals surface area (Å²) in [6.45, 7) is 0. The molecule has 4 rings (SSSR count). The Bertz CT molecular complexity index is 1310. The summed E-state index contributed by atoms with van der Waals surface area (Å²) < 4.78 is 17.3. The average Bonchev–Trinajstić information content (AvgIpc) is 3.37. The van der Waals surface area contributed by atoms with Gasteiger partial charge in [0.15, 0.2) is 17.3 Å². The molecule has 1 aliphatic carbocycles. The normalized spacial score (nSPS) is 18.1. The van der Waals surface area contributed by atoms with Gasteiger partial charge < -0.3 is 10.1 Å². The molecule has 2 atom stereocenters. The van der Waals surface area contributed by atoms with E-state index in [0.29, 0.717) is 26.9 Å². The number of carbonyl (C=O) groups is 2. The summed E-state index contributed by atoms with van der Waals surface area (Å²) >= 11 is 31.2. The first-order valence-corrected chi connectivity index (χ1v) is 12.2. The number of amides is 1. The van der Waals surface area contributed by atoms with Gasteiger partial charge in [-0.2, -0.15) is 0 Å². The standard InChI is InChI=1S/C25H17Cl5FNO3/c1-35-21-7-12(2-5-19(21)31)6-20(33)17-11-16(3-4-18(17)28)32-24(34)23-22(25(23,29)30)13-8-14(26)10-15(27)9-13/h2-5,7-11,22-23H,6H2,1H3,(H,32,34). The Morgan fingerprint density at radius 3 is 2.34 bits per heavy atom. The number of ether oxygens (including phenoxy) is 1. The van der Waals surface area contributed by atoms with Crippen LogP contribution in [0.15, 0.2) is 54.6 Å². The van der Waals surface area contributed by atoms with Crippen LogP contribution in [0, 0.1) is 11.7 Å². The highest BCUT2D eigenvalue weighted by molar-refractivity contribution is 6.53. The predicted molar refractivity (Wildman–Crippen MR) is 138 cm³/mol. The number of benzene rings is 3. The van der Waals surface area contributed by atoms with E-state index in [2.05, 4.69) is 5.32 Å². The topological polar surface area (TPSA) is 55.4 Å². The molecule has 0 radical (unpaired) electrons. The largest absolute Gasteiger partial charge is 0.494 e. The van der Waals surface area contributed by atoms with Crippen molar-refractivity contribution in [2.45, 2.75) is 16.7 Å². The van der Waals surface area contributed by atoms with Crippen molar-refractivity contribution in [3.05, 3.63) is 92.2 Å². The molecular weight excluding hydrogens is 559 g/mol. The molecule has 1 amide bonds. The summed E-state index contributed by atoms with van der Waals surface area (Å²) in [5, 5.41) is 3.77. The van der Waals surface area contributed by atoms with Crippen LogP contribution in [0.2, 0.25) is 15.1 Å². The number of anilines is 1. The summed E-state index contributed by atoms with van der Waals surface area (Å²) in [4.78, 5) is 25.9. The summed E-state index contributed by atoms with van der Waals surface area (Å²) in [6.07, 6.45) is -0.0412. The van der Waals surface area contributed by atoms with Gasteiger partial charge in [0.05, 0.1) is 18.1 Å². The Morgan fingerprint density at radius 2 is 1.69 bits per heavy atom. The van der Waals surface area contributed by atoms with E-state index < -0.39 is 27.9 Å². The quantitative estimate of drug-likeness (QED) is 0.232. The first-order chi connectivity index (χ1) is 16.5. The number of Topliss-reactive ketones (excluding diaryl/α,β-unsaturated/α-hetero) is 1. The van der Waals surface area contributed by atoms with Gasteiger partial charge in [0.1, 0.15) is 4.33 Å². The van der Waals surface area contributed by atoms with E-state index in [1.807, 2.05) is 0 Å². The van der Waals surface area contributed by atoms with Crippen molar-refractivity contribution in [1.29, 1.82) is 0 Å². The molecule has 1 N–H and O–H groups in total. The maximum Gasteiger partial charge on any atom is 0.231 e. The lowest BCUT2D eigenvalue weighted by Crippen LogP contribution is -2.17. The van der Waals surface area contributed by atoms with Crippen molar-refractivity contribution in [3.63, 3.8) is 0 Å². The Hall–Kier alpha value is -2.02. The SMILES string of the molecule is COc1cc(CC(=O)c2cc(NC(=O)C3C(c4cc(Cl)cc(Cl)c4)C3(Cl)Cl)ccc2Cl)ccc1F. The van der Waals surface area contributed by atoms with Crippen LogP contribution >= 0.6 is 58.0 Å². The Kier molecular flexibility index (Phi) is 7.56. The summed E-state index contributed by atoms with van der Waals surface area (Å²) in [5.74, 6) is -2.51. The third-order valence-corrected chi connectivity index (χ3v) is 7.40. The van der Waals surface area contributed by atoms with E-state index in [1.54, 1.807) is 24.3 Å². The van der Waals surface area contributed by atoms with E-state index in [0.717, 1.165) is 0 Å². The molecule has 182 valence electrons. The molecule has 0 spiro atoms. The van der Waals surface area contributed by atoms with Crippen molar-refractivity contribution in [1.82, 2.24) is 0 Å². The average molecular weight is 576 g/mol. The molecule has 3 aromatic rings. The van der Waals surface area contributed by atoms with Crippen LogP contribution in [0.25, 0.3) is 0 Å². The molecule has 10 heteroatoms. The highest BCUT2D eigenvalue weighted by Crippen LogP contribution is 2.65. The second-order valence-corrected chi connectivity index (χ2v) is 10.8. The van der Waals surface area contributed by atoms with Crippen molar-refractivity contribution < 1.29 is 18.7 Å². The van der Waals surface area contributed by atoms with Gasteiger partial charge in [0.25, 0.3) is 0 Å². The van der Waals surface area contributed by atoms with E-state index in [9.17, 15) is 14.0 Å². The maximum absolute atomic E-state index is 13.7. The second-order valence-electron chi connectivity index (χ2n) is 8.09. The fraction of sp³-hybridized carbons (Fsp3) is 0.200. The zero-order valence-electron chi connectivity index (χ0n) is 18.1. The Morgan fingerprint density at radius 1 is 1.00 bits per heavy atom. The number of carbonyl (C=O) groups excluding carboxylic acids is 2. The van der Waals surface area contributed by atoms with Gasteiger partial charge >= 0.3 is 0 Å². The lowest BCUT2D eigenvalue weighted by Gasteiger charge is -2.10. The zero-order valence-corrected chi connectivity index (χ0v) is 21.8. The first kappa shape index (κ1) is 26.1. The highest BCUT2D eigenvalue weighted by atomic mass is 35.5. The van der Waals surface area contributed by atoms with Gasteiger partial charge in [0, 0.05) is 33.6 Å². The number of hydrogen-bond acceptors (Lipinski definition) is 3. The fourth-order valence-electron chi connectivity index (χ4n) is 3.95. The third kappa shape index (κ3) is 5.55. The number of alkyl halides is 2. The summed E-state index contributed by atoms with van der Waals surface area (Å²) in [5.41, 5.74) is 1.74. The molecular formula is C25H17Cl5FNO3. The minimum Gasteiger partial charge on any atom is -0.494 e. The van der Waals surface area contributed by atoms with E-state index >= 15 is 0 Å². The van der Waals surface area contributed by atoms with Crippen LogP contribution < -0.4 is 10.1 Å². The number of ketones is 1. The maximum atomic E-state index is 13.7. The monoisotopic (exact) mass is 573 g/mol. The molecule has 4 nitrogen and oxygen atoms in total. The van der Waals surface area contributed by atoms with Gasteiger partial charge in [-0.05, 0) is 59.7 Å². The molecule has 0 heterocycles. The Labute approximate surface area is 226 Å². The van der Waals surface area contributed by atoms with Crippen molar-refractivity contribution >= 4 is 75.4 Å². The lowest BCUT2D eigenvalue weighted by molar-refractivity contribution is -0.117. The number of hydrogen-bond donors (Lipinski definition) is 1. The molecule has 1 aliphatic rings. The fourth-order valence-corrected chi connectivity index (χ4v) is 5.55. The minimum absolute atomic E-state index is 0.0352. The summed E-state index contributed by atoms with van der Waals surface area (Å²) in [7, 11) is 1.34. The zero-order chi connectivity index (χ0) is 25.5. The molecule has 0 aliphatic heterocycles. The molecule has 0 bridgehead atoms. The van der Waals surface area contributed by atoms with Crippen LogP contribution in [-0.4, -0.2) is 23.1 Å². The number of nitrogens with one attached hydrogen (secondary N) is 1. The van der Waals surface area contributed by atoms with Crippen LogP contribution in [0.5, 0.6) is 5.75 Å². The van der Waals surface area contributed by atoms with Crippen molar-refractivity contribution in [2.75, 3.05) is 12.4 Å².